The number of carboxylic acid groups (broad SMARTS) is 1. The Morgan fingerprint density at radius 1 is 1.04 bits per heavy atom. The number of hydrogen-bond acceptors (Lipinski definition) is 2. The lowest BCUT2D eigenvalue weighted by atomic mass is 10.1. The molecule has 0 radical (unpaired) electrons. The van der Waals surface area contributed by atoms with Crippen LogP contribution in [0.5, 0.6) is 0 Å². The molecule has 0 aromatic heterocycles. The topological polar surface area (TPSA) is 66.4 Å². The smallest absolute Gasteiger partial charge is 0.338 e. The highest BCUT2D eigenvalue weighted by molar-refractivity contribution is 6.54. The van der Waals surface area contributed by atoms with E-state index >= 15 is 0 Å². The molecule has 0 bridgehead atoms. The molecule has 28 heavy (non-hydrogen) atoms. The number of aromatic carboxylic acids is 1. The van der Waals surface area contributed by atoms with Gasteiger partial charge in [0.2, 0.25) is 5.91 Å². The van der Waals surface area contributed by atoms with Crippen LogP contribution in [0.1, 0.15) is 21.8 Å². The van der Waals surface area contributed by atoms with E-state index < -0.39 is 45.2 Å². The van der Waals surface area contributed by atoms with Crippen molar-refractivity contribution in [2.75, 3.05) is 5.32 Å². The molecule has 1 saturated carbocycles. The Morgan fingerprint density at radius 2 is 1.61 bits per heavy atom. The van der Waals surface area contributed by atoms with Gasteiger partial charge in [-0.2, -0.15) is 0 Å². The number of amides is 1. The molecule has 2 aromatic rings. The molecule has 0 spiro atoms. The summed E-state index contributed by atoms with van der Waals surface area (Å²) in [6.45, 7) is 0. The third-order valence-corrected chi connectivity index (χ3v) is 6.36. The molecule has 0 unspecified atom stereocenters. The minimum absolute atomic E-state index is 0.131. The molecule has 0 heterocycles. The average Bonchev–Trinajstić information content (AvgIpc) is 3.17. The zero-order valence-corrected chi connectivity index (χ0v) is 17.2. The van der Waals surface area contributed by atoms with Gasteiger partial charge in [-0.1, -0.05) is 34.8 Å². The number of hydrogen-bond donors (Lipinski definition) is 2. The van der Waals surface area contributed by atoms with E-state index in [1.807, 2.05) is 0 Å². The van der Waals surface area contributed by atoms with Crippen LogP contribution >= 0.6 is 58.0 Å². The van der Waals surface area contributed by atoms with E-state index in [4.69, 9.17) is 63.1 Å². The Labute approximate surface area is 182 Å². The highest BCUT2D eigenvalue weighted by atomic mass is 35.5. The van der Waals surface area contributed by atoms with E-state index in [0.717, 1.165) is 6.07 Å². The fourth-order valence-electron chi connectivity index (χ4n) is 2.86. The molecular formula is C17H8Cl5F2NO3. The molecule has 1 amide bonds. The maximum absolute atomic E-state index is 13.6. The quantitative estimate of drug-likeness (QED) is 0.400. The van der Waals surface area contributed by atoms with Crippen molar-refractivity contribution in [1.82, 2.24) is 0 Å². The van der Waals surface area contributed by atoms with E-state index in [9.17, 15) is 18.4 Å². The molecule has 11 heteroatoms. The van der Waals surface area contributed by atoms with Crippen molar-refractivity contribution >= 4 is 75.6 Å². The summed E-state index contributed by atoms with van der Waals surface area (Å²) in [5, 5.41) is 11.6. The first-order valence-electron chi connectivity index (χ1n) is 7.50. The molecule has 0 saturated heterocycles. The second-order valence-electron chi connectivity index (χ2n) is 6.04. The molecule has 2 N–H and O–H groups in total. The van der Waals surface area contributed by atoms with Crippen molar-refractivity contribution in [2.24, 2.45) is 5.92 Å². The molecule has 1 aliphatic carbocycles. The van der Waals surface area contributed by atoms with E-state index in [2.05, 4.69) is 5.32 Å². The summed E-state index contributed by atoms with van der Waals surface area (Å²) in [4.78, 5) is 23.5. The van der Waals surface area contributed by atoms with Crippen LogP contribution in [0.4, 0.5) is 14.5 Å². The summed E-state index contributed by atoms with van der Waals surface area (Å²) in [6.07, 6.45) is 0. The van der Waals surface area contributed by atoms with Gasteiger partial charge in [0.15, 0.2) is 11.6 Å². The van der Waals surface area contributed by atoms with Crippen molar-refractivity contribution in [3.05, 3.63) is 62.1 Å². The number of nitrogens with one attached hydrogen (secondary N) is 1. The van der Waals surface area contributed by atoms with Gasteiger partial charge < -0.3 is 10.4 Å². The van der Waals surface area contributed by atoms with Crippen LogP contribution in [-0.4, -0.2) is 21.3 Å². The second-order valence-corrected chi connectivity index (χ2v) is 8.68. The highest BCUT2D eigenvalue weighted by Crippen LogP contribution is 2.65. The normalized spacial score (nSPS) is 20.0. The van der Waals surface area contributed by atoms with E-state index in [1.165, 1.54) is 12.1 Å². The Hall–Kier alpha value is -1.31. The summed E-state index contributed by atoms with van der Waals surface area (Å²) in [6, 6.07) is 4.37. The minimum atomic E-state index is -1.69. The van der Waals surface area contributed by atoms with Crippen LogP contribution in [0.3, 0.4) is 0 Å². The van der Waals surface area contributed by atoms with E-state index in [-0.39, 0.29) is 20.8 Å². The Balaban J connectivity index is 1.87. The Morgan fingerprint density at radius 3 is 2.14 bits per heavy atom. The standard InChI is InChI=1S/C17H8Cl5F2NO3/c18-8-1-5(2-9(19)13(8)20)11-12(17(11,21)22)15(26)25-6-3-7(16(27)28)14(24)10(23)4-6/h1-4,11-12H,(H,25,26)(H,27,28)/t11-,12+/m0/s1. The summed E-state index contributed by atoms with van der Waals surface area (Å²) < 4.78 is 25.6. The van der Waals surface area contributed by atoms with Gasteiger partial charge >= 0.3 is 5.97 Å². The fraction of sp³-hybridized carbons (Fsp3) is 0.176. The third-order valence-electron chi connectivity index (χ3n) is 4.23. The summed E-state index contributed by atoms with van der Waals surface area (Å²) in [5.74, 6) is -7.06. The average molecular weight is 490 g/mol. The maximum Gasteiger partial charge on any atom is 0.338 e. The van der Waals surface area contributed by atoms with Gasteiger partial charge in [0, 0.05) is 17.7 Å². The predicted octanol–water partition coefficient (Wildman–Crippen LogP) is 6.15. The van der Waals surface area contributed by atoms with Gasteiger partial charge in [-0.25, -0.2) is 13.6 Å². The minimum Gasteiger partial charge on any atom is -0.478 e. The molecule has 1 fully saturated rings. The van der Waals surface area contributed by atoms with Crippen molar-refractivity contribution in [1.29, 1.82) is 0 Å². The predicted molar refractivity (Wildman–Crippen MR) is 104 cm³/mol. The number of carbonyl (C=O) groups excluding carboxylic acids is 1. The van der Waals surface area contributed by atoms with Crippen molar-refractivity contribution in [2.45, 2.75) is 10.3 Å². The number of benzene rings is 2. The van der Waals surface area contributed by atoms with Crippen LogP contribution in [0.25, 0.3) is 0 Å². The van der Waals surface area contributed by atoms with Gasteiger partial charge in [0.25, 0.3) is 0 Å². The van der Waals surface area contributed by atoms with Crippen LogP contribution in [0, 0.1) is 17.6 Å². The van der Waals surface area contributed by atoms with Gasteiger partial charge in [-0.05, 0) is 23.8 Å². The highest BCUT2D eigenvalue weighted by Gasteiger charge is 2.67. The molecule has 0 aliphatic heterocycles. The monoisotopic (exact) mass is 487 g/mol. The maximum atomic E-state index is 13.6. The first-order valence-corrected chi connectivity index (χ1v) is 9.39. The molecule has 2 atom stereocenters. The van der Waals surface area contributed by atoms with Gasteiger partial charge in [0.05, 0.1) is 21.0 Å². The van der Waals surface area contributed by atoms with E-state index in [1.54, 1.807) is 0 Å². The third kappa shape index (κ3) is 3.76. The fourth-order valence-corrected chi connectivity index (χ4v) is 4.30. The van der Waals surface area contributed by atoms with Gasteiger partial charge in [-0.3, -0.25) is 4.79 Å². The van der Waals surface area contributed by atoms with Crippen LogP contribution in [-0.2, 0) is 4.79 Å². The number of anilines is 1. The summed E-state index contributed by atoms with van der Waals surface area (Å²) in [7, 11) is 0. The van der Waals surface area contributed by atoms with Crippen LogP contribution in [0.2, 0.25) is 15.1 Å². The lowest BCUT2D eigenvalue weighted by molar-refractivity contribution is -0.117. The lowest BCUT2D eigenvalue weighted by Gasteiger charge is -2.08. The number of alkyl halides is 2. The van der Waals surface area contributed by atoms with Crippen molar-refractivity contribution < 1.29 is 23.5 Å². The molecule has 4 nitrogen and oxygen atoms in total. The number of rotatable bonds is 4. The van der Waals surface area contributed by atoms with Crippen molar-refractivity contribution in [3.8, 4) is 0 Å². The zero-order valence-electron chi connectivity index (χ0n) is 13.4. The first-order chi connectivity index (χ1) is 12.9. The Kier molecular flexibility index (Phi) is 5.73. The Bertz CT molecular complexity index is 992. The molecule has 148 valence electrons. The SMILES string of the molecule is O=C(O)c1cc(NC(=O)[C@H]2[C@H](c3cc(Cl)c(Cl)c(Cl)c3)C2(Cl)Cl)cc(F)c1F. The van der Waals surface area contributed by atoms with Gasteiger partial charge in [-0.15, -0.1) is 23.2 Å². The first kappa shape index (κ1) is 21.4. The van der Waals surface area contributed by atoms with Gasteiger partial charge in [0.1, 0.15) is 9.90 Å². The number of halogens is 7. The summed E-state index contributed by atoms with van der Waals surface area (Å²) >= 11 is 30.3. The number of carbonyl (C=O) groups is 2. The molecular weight excluding hydrogens is 481 g/mol. The zero-order chi connectivity index (χ0) is 21.0. The summed E-state index contributed by atoms with van der Waals surface area (Å²) in [5.41, 5.74) is -0.730. The molecule has 3 rings (SSSR count). The van der Waals surface area contributed by atoms with Crippen LogP contribution < -0.4 is 5.32 Å². The lowest BCUT2D eigenvalue weighted by Crippen LogP contribution is -2.18. The number of carboxylic acids is 1. The van der Waals surface area contributed by atoms with Crippen molar-refractivity contribution in [3.63, 3.8) is 0 Å². The largest absolute Gasteiger partial charge is 0.478 e. The molecule has 2 aromatic carbocycles. The molecule has 1 aliphatic rings. The van der Waals surface area contributed by atoms with E-state index in [0.29, 0.717) is 11.6 Å². The van der Waals surface area contributed by atoms with Crippen LogP contribution in [0.15, 0.2) is 24.3 Å². The second kappa shape index (κ2) is 7.50.